The van der Waals surface area contributed by atoms with Crippen molar-refractivity contribution < 1.29 is 4.79 Å². The summed E-state index contributed by atoms with van der Waals surface area (Å²) in [5.74, 6) is 0.767. The third-order valence-corrected chi connectivity index (χ3v) is 4.56. The number of benzene rings is 2. The Hall–Kier alpha value is -1.35. The van der Waals surface area contributed by atoms with Crippen LogP contribution >= 0.6 is 15.9 Å². The second-order valence-corrected chi connectivity index (χ2v) is 6.37. The lowest BCUT2D eigenvalue weighted by atomic mass is 9.98. The van der Waals surface area contributed by atoms with Crippen LogP contribution in [0.15, 0.2) is 34.8 Å². The lowest BCUT2D eigenvalue weighted by molar-refractivity contribution is -0.118. The van der Waals surface area contributed by atoms with Gasteiger partial charge in [0.2, 0.25) is 5.91 Å². The molecule has 1 amide bonds. The largest absolute Gasteiger partial charge is 0.356 e. The maximum Gasteiger partial charge on any atom is 0.216 e. The van der Waals surface area contributed by atoms with Crippen molar-refractivity contribution in [2.24, 2.45) is 0 Å². The molecule has 2 nitrogen and oxygen atoms in total. The number of hydrogen-bond donors (Lipinski definition) is 1. The molecule has 0 saturated heterocycles. The van der Waals surface area contributed by atoms with Crippen LogP contribution in [0, 0.1) is 0 Å². The van der Waals surface area contributed by atoms with E-state index >= 15 is 0 Å². The first-order valence-corrected chi connectivity index (χ1v) is 7.90. The van der Waals surface area contributed by atoms with Crippen LogP contribution in [0.1, 0.15) is 36.8 Å². The van der Waals surface area contributed by atoms with E-state index in [0.717, 1.165) is 12.3 Å². The first-order chi connectivity index (χ1) is 9.65. The van der Waals surface area contributed by atoms with Gasteiger partial charge in [-0.3, -0.25) is 4.79 Å². The van der Waals surface area contributed by atoms with Crippen molar-refractivity contribution in [3.05, 3.63) is 45.9 Å². The van der Waals surface area contributed by atoms with Gasteiger partial charge < -0.3 is 5.32 Å². The molecule has 1 saturated carbocycles. The molecular formula is C17H18BrNO. The minimum Gasteiger partial charge on any atom is -0.356 e. The highest BCUT2D eigenvalue weighted by molar-refractivity contribution is 9.10. The van der Waals surface area contributed by atoms with Crippen molar-refractivity contribution >= 4 is 32.6 Å². The number of hydrogen-bond acceptors (Lipinski definition) is 1. The summed E-state index contributed by atoms with van der Waals surface area (Å²) in [6.45, 7) is 2.26. The molecule has 2 aromatic carbocycles. The van der Waals surface area contributed by atoms with Gasteiger partial charge in [-0.1, -0.05) is 34.1 Å². The van der Waals surface area contributed by atoms with Gasteiger partial charge in [0.25, 0.3) is 0 Å². The van der Waals surface area contributed by atoms with Crippen molar-refractivity contribution in [3.63, 3.8) is 0 Å². The predicted octanol–water partition coefficient (Wildman–Crippen LogP) is 4.16. The Balaban J connectivity index is 1.94. The quantitative estimate of drug-likeness (QED) is 0.895. The van der Waals surface area contributed by atoms with Gasteiger partial charge in [-0.15, -0.1) is 0 Å². The molecule has 0 radical (unpaired) electrons. The van der Waals surface area contributed by atoms with Crippen LogP contribution in [0.3, 0.4) is 0 Å². The molecule has 0 spiro atoms. The standard InChI is InChI=1S/C17H18BrNO/c1-11(20)19-8-7-12-3-2-4-14-9-17(18)16(10-15(12)14)13-5-6-13/h2-4,9-10,13H,5-8H2,1H3,(H,19,20). The zero-order chi connectivity index (χ0) is 14.1. The third-order valence-electron chi connectivity index (χ3n) is 3.87. The molecular weight excluding hydrogens is 314 g/mol. The van der Waals surface area contributed by atoms with Crippen molar-refractivity contribution in [1.82, 2.24) is 5.32 Å². The summed E-state index contributed by atoms with van der Waals surface area (Å²) in [7, 11) is 0. The second-order valence-electron chi connectivity index (χ2n) is 5.52. The van der Waals surface area contributed by atoms with E-state index in [4.69, 9.17) is 0 Å². The normalized spacial score (nSPS) is 14.5. The van der Waals surface area contributed by atoms with Gasteiger partial charge in [0.1, 0.15) is 0 Å². The first-order valence-electron chi connectivity index (χ1n) is 7.10. The molecule has 0 aliphatic heterocycles. The Morgan fingerprint density at radius 1 is 1.35 bits per heavy atom. The maximum absolute atomic E-state index is 11.0. The summed E-state index contributed by atoms with van der Waals surface area (Å²) in [5.41, 5.74) is 2.75. The van der Waals surface area contributed by atoms with Crippen molar-refractivity contribution in [2.45, 2.75) is 32.1 Å². The van der Waals surface area contributed by atoms with Gasteiger partial charge in [-0.05, 0) is 59.2 Å². The highest BCUT2D eigenvalue weighted by Gasteiger charge is 2.26. The minimum absolute atomic E-state index is 0.0339. The molecule has 104 valence electrons. The molecule has 0 unspecified atom stereocenters. The molecule has 0 atom stereocenters. The number of nitrogens with one attached hydrogen (secondary N) is 1. The molecule has 1 aliphatic carbocycles. The number of carbonyl (C=O) groups excluding carboxylic acids is 1. The second kappa shape index (κ2) is 5.57. The number of amides is 1. The van der Waals surface area contributed by atoms with E-state index in [9.17, 15) is 4.79 Å². The molecule has 0 aromatic heterocycles. The van der Waals surface area contributed by atoms with Gasteiger partial charge in [-0.25, -0.2) is 0 Å². The van der Waals surface area contributed by atoms with E-state index in [1.165, 1.54) is 39.2 Å². The molecule has 20 heavy (non-hydrogen) atoms. The smallest absolute Gasteiger partial charge is 0.216 e. The van der Waals surface area contributed by atoms with Gasteiger partial charge in [-0.2, -0.15) is 0 Å². The van der Waals surface area contributed by atoms with Crippen molar-refractivity contribution in [2.75, 3.05) is 6.54 Å². The minimum atomic E-state index is 0.0339. The molecule has 1 fully saturated rings. The molecule has 0 heterocycles. The Morgan fingerprint density at radius 2 is 2.15 bits per heavy atom. The van der Waals surface area contributed by atoms with Gasteiger partial charge in [0.05, 0.1) is 0 Å². The van der Waals surface area contributed by atoms with E-state index in [-0.39, 0.29) is 5.91 Å². The lowest BCUT2D eigenvalue weighted by Crippen LogP contribution is -2.22. The highest BCUT2D eigenvalue weighted by atomic mass is 79.9. The van der Waals surface area contributed by atoms with Crippen LogP contribution in [-0.4, -0.2) is 12.5 Å². The van der Waals surface area contributed by atoms with E-state index < -0.39 is 0 Å². The Bertz CT molecular complexity index is 661. The molecule has 3 rings (SSSR count). The SMILES string of the molecule is CC(=O)NCCc1cccc2cc(Br)c(C3CC3)cc12. The van der Waals surface area contributed by atoms with Crippen LogP contribution in [0.25, 0.3) is 10.8 Å². The van der Waals surface area contributed by atoms with E-state index in [1.54, 1.807) is 6.92 Å². The fourth-order valence-electron chi connectivity index (χ4n) is 2.68. The predicted molar refractivity (Wildman–Crippen MR) is 86.0 cm³/mol. The van der Waals surface area contributed by atoms with Crippen molar-refractivity contribution in [3.8, 4) is 0 Å². The van der Waals surface area contributed by atoms with Gasteiger partial charge >= 0.3 is 0 Å². The fourth-order valence-corrected chi connectivity index (χ4v) is 3.36. The van der Waals surface area contributed by atoms with E-state index in [2.05, 4.69) is 51.6 Å². The Morgan fingerprint density at radius 3 is 2.85 bits per heavy atom. The summed E-state index contributed by atoms with van der Waals surface area (Å²) >= 11 is 3.70. The first kappa shape index (κ1) is 13.6. The number of carbonyl (C=O) groups is 1. The highest BCUT2D eigenvalue weighted by Crippen LogP contribution is 2.44. The van der Waals surface area contributed by atoms with Crippen LogP contribution in [0.4, 0.5) is 0 Å². The van der Waals surface area contributed by atoms with Crippen LogP contribution in [0.2, 0.25) is 0 Å². The number of rotatable bonds is 4. The van der Waals surface area contributed by atoms with Crippen molar-refractivity contribution in [1.29, 1.82) is 0 Å². The summed E-state index contributed by atoms with van der Waals surface area (Å²) in [6, 6.07) is 11.0. The number of fused-ring (bicyclic) bond motifs is 1. The number of halogens is 1. The van der Waals surface area contributed by atoms with E-state index in [0.29, 0.717) is 6.54 Å². The molecule has 2 aromatic rings. The fraction of sp³-hybridized carbons (Fsp3) is 0.353. The monoisotopic (exact) mass is 331 g/mol. The topological polar surface area (TPSA) is 29.1 Å². The lowest BCUT2D eigenvalue weighted by Gasteiger charge is -2.11. The van der Waals surface area contributed by atoms with Crippen LogP contribution < -0.4 is 5.32 Å². The van der Waals surface area contributed by atoms with Gasteiger partial charge in [0, 0.05) is 17.9 Å². The van der Waals surface area contributed by atoms with Gasteiger partial charge in [0.15, 0.2) is 0 Å². The average Bonchev–Trinajstić information content (AvgIpc) is 3.22. The zero-order valence-corrected chi connectivity index (χ0v) is 13.2. The summed E-state index contributed by atoms with van der Waals surface area (Å²) in [4.78, 5) is 11.0. The van der Waals surface area contributed by atoms with Crippen LogP contribution in [0.5, 0.6) is 0 Å². The molecule has 1 N–H and O–H groups in total. The van der Waals surface area contributed by atoms with Crippen LogP contribution in [-0.2, 0) is 11.2 Å². The Labute approximate surface area is 127 Å². The maximum atomic E-state index is 11.0. The average molecular weight is 332 g/mol. The third kappa shape index (κ3) is 2.88. The zero-order valence-electron chi connectivity index (χ0n) is 11.6. The molecule has 1 aliphatic rings. The summed E-state index contributed by atoms with van der Waals surface area (Å²) in [5, 5.41) is 5.46. The summed E-state index contributed by atoms with van der Waals surface area (Å²) in [6.07, 6.45) is 3.49. The summed E-state index contributed by atoms with van der Waals surface area (Å²) < 4.78 is 1.23. The Kier molecular flexibility index (Phi) is 3.79. The molecule has 3 heteroatoms. The van der Waals surface area contributed by atoms with E-state index in [1.807, 2.05) is 0 Å². The molecule has 0 bridgehead atoms.